The van der Waals surface area contributed by atoms with E-state index >= 15 is 0 Å². The molecule has 0 unspecified atom stereocenters. The highest BCUT2D eigenvalue weighted by atomic mass is 127. The molecule has 0 atom stereocenters. The Labute approximate surface area is 155 Å². The average Bonchev–Trinajstić information content (AvgIpc) is 2.97. The minimum absolute atomic E-state index is 0.0723. The van der Waals surface area contributed by atoms with Gasteiger partial charge in [-0.2, -0.15) is 0 Å². The summed E-state index contributed by atoms with van der Waals surface area (Å²) in [6, 6.07) is 13.7. The predicted molar refractivity (Wildman–Crippen MR) is 102 cm³/mol. The number of hydrogen-bond donors (Lipinski definition) is 1. The SMILES string of the molecule is O=C(Nc1ccccc1-c1ccc(Cl)c(F)c1)c1ccsc1I. The van der Waals surface area contributed by atoms with E-state index in [1.165, 1.54) is 23.5 Å². The van der Waals surface area contributed by atoms with Crippen LogP contribution in [0.15, 0.2) is 53.9 Å². The maximum absolute atomic E-state index is 13.7. The van der Waals surface area contributed by atoms with Gasteiger partial charge in [0, 0.05) is 11.3 Å². The normalized spacial score (nSPS) is 10.6. The Kier molecular flexibility index (Phi) is 4.99. The summed E-state index contributed by atoms with van der Waals surface area (Å²) in [6.07, 6.45) is 0. The van der Waals surface area contributed by atoms with Crippen LogP contribution in [0.4, 0.5) is 10.1 Å². The molecule has 0 saturated heterocycles. The molecular formula is C17H10ClFINOS. The van der Waals surface area contributed by atoms with Crippen LogP contribution in [0.2, 0.25) is 5.02 Å². The number of nitrogens with one attached hydrogen (secondary N) is 1. The van der Waals surface area contributed by atoms with Crippen LogP contribution in [0.5, 0.6) is 0 Å². The van der Waals surface area contributed by atoms with Crippen molar-refractivity contribution in [1.29, 1.82) is 0 Å². The highest BCUT2D eigenvalue weighted by Crippen LogP contribution is 2.31. The van der Waals surface area contributed by atoms with Crippen molar-refractivity contribution >= 4 is 57.1 Å². The number of anilines is 1. The van der Waals surface area contributed by atoms with Gasteiger partial charge in [-0.25, -0.2) is 4.39 Å². The van der Waals surface area contributed by atoms with E-state index in [-0.39, 0.29) is 10.9 Å². The van der Waals surface area contributed by atoms with Gasteiger partial charge in [0.25, 0.3) is 5.91 Å². The van der Waals surface area contributed by atoms with Gasteiger partial charge in [-0.15, -0.1) is 11.3 Å². The smallest absolute Gasteiger partial charge is 0.257 e. The number of carbonyl (C=O) groups is 1. The summed E-state index contributed by atoms with van der Waals surface area (Å²) in [5.74, 6) is -0.671. The fourth-order valence-electron chi connectivity index (χ4n) is 2.15. The van der Waals surface area contributed by atoms with Crippen LogP contribution in [-0.2, 0) is 0 Å². The lowest BCUT2D eigenvalue weighted by atomic mass is 10.0. The van der Waals surface area contributed by atoms with Crippen molar-refractivity contribution in [1.82, 2.24) is 0 Å². The van der Waals surface area contributed by atoms with E-state index < -0.39 is 5.82 Å². The van der Waals surface area contributed by atoms with E-state index in [0.717, 1.165) is 8.45 Å². The number of halogens is 3. The summed E-state index contributed by atoms with van der Waals surface area (Å²) in [5, 5.41) is 4.84. The highest BCUT2D eigenvalue weighted by Gasteiger charge is 2.14. The largest absolute Gasteiger partial charge is 0.321 e. The zero-order valence-corrected chi connectivity index (χ0v) is 15.4. The molecule has 0 saturated carbocycles. The van der Waals surface area contributed by atoms with Crippen molar-refractivity contribution in [3.63, 3.8) is 0 Å². The first-order chi connectivity index (χ1) is 11.1. The second-order valence-corrected chi connectivity index (χ2v) is 7.87. The van der Waals surface area contributed by atoms with Crippen LogP contribution in [0.1, 0.15) is 10.4 Å². The van der Waals surface area contributed by atoms with Crippen molar-refractivity contribution in [2.45, 2.75) is 0 Å². The number of thiophene rings is 1. The molecule has 1 amide bonds. The number of para-hydroxylation sites is 1. The standard InChI is InChI=1S/C17H10ClFINOS/c18-13-6-5-10(9-14(13)19)11-3-1-2-4-15(11)21-17(22)12-7-8-23-16(12)20/h1-9H,(H,21,22). The molecule has 0 radical (unpaired) electrons. The van der Waals surface area contributed by atoms with Crippen LogP contribution in [-0.4, -0.2) is 5.91 Å². The lowest BCUT2D eigenvalue weighted by Gasteiger charge is -2.11. The summed E-state index contributed by atoms with van der Waals surface area (Å²) in [7, 11) is 0. The summed E-state index contributed by atoms with van der Waals surface area (Å²) in [5.41, 5.74) is 2.65. The third-order valence-corrected chi connectivity index (χ3v) is 5.62. The molecule has 0 aliphatic heterocycles. The van der Waals surface area contributed by atoms with Gasteiger partial charge in [0.15, 0.2) is 0 Å². The lowest BCUT2D eigenvalue weighted by Crippen LogP contribution is -2.12. The summed E-state index contributed by atoms with van der Waals surface area (Å²) in [4.78, 5) is 12.4. The van der Waals surface area contributed by atoms with Gasteiger partial charge in [0.2, 0.25) is 0 Å². The molecule has 0 bridgehead atoms. The maximum Gasteiger partial charge on any atom is 0.257 e. The van der Waals surface area contributed by atoms with Crippen molar-refractivity contribution < 1.29 is 9.18 Å². The molecule has 23 heavy (non-hydrogen) atoms. The maximum atomic E-state index is 13.7. The third-order valence-electron chi connectivity index (χ3n) is 3.27. The van der Waals surface area contributed by atoms with Crippen molar-refractivity contribution in [2.75, 3.05) is 5.32 Å². The number of amides is 1. The molecule has 116 valence electrons. The molecule has 1 aromatic heterocycles. The van der Waals surface area contributed by atoms with Gasteiger partial charge in [-0.05, 0) is 57.8 Å². The fraction of sp³-hybridized carbons (Fsp3) is 0. The molecule has 6 heteroatoms. The fourth-order valence-corrected chi connectivity index (χ4v) is 3.75. The molecule has 2 aromatic carbocycles. The van der Waals surface area contributed by atoms with Crippen LogP contribution < -0.4 is 5.32 Å². The van der Waals surface area contributed by atoms with Gasteiger partial charge in [-0.1, -0.05) is 35.9 Å². The van der Waals surface area contributed by atoms with E-state index in [1.807, 2.05) is 23.6 Å². The molecule has 3 rings (SSSR count). The lowest BCUT2D eigenvalue weighted by molar-refractivity contribution is 0.102. The molecule has 2 nitrogen and oxygen atoms in total. The second-order valence-electron chi connectivity index (χ2n) is 4.74. The molecule has 1 heterocycles. The summed E-state index contributed by atoms with van der Waals surface area (Å²) in [6.45, 7) is 0. The Morgan fingerprint density at radius 3 is 2.65 bits per heavy atom. The average molecular weight is 458 g/mol. The minimum atomic E-state index is -0.488. The van der Waals surface area contributed by atoms with Gasteiger partial charge >= 0.3 is 0 Å². The summed E-state index contributed by atoms with van der Waals surface area (Å²) < 4.78 is 14.6. The highest BCUT2D eigenvalue weighted by molar-refractivity contribution is 14.1. The first kappa shape index (κ1) is 16.4. The van der Waals surface area contributed by atoms with E-state index in [0.29, 0.717) is 16.8 Å². The Balaban J connectivity index is 1.96. The van der Waals surface area contributed by atoms with Crippen molar-refractivity contribution in [3.05, 3.63) is 73.2 Å². The van der Waals surface area contributed by atoms with Crippen LogP contribution in [0.3, 0.4) is 0 Å². The minimum Gasteiger partial charge on any atom is -0.321 e. The second kappa shape index (κ2) is 6.98. The quantitative estimate of drug-likeness (QED) is 0.476. The first-order valence-electron chi connectivity index (χ1n) is 6.65. The first-order valence-corrected chi connectivity index (χ1v) is 8.98. The number of benzene rings is 2. The van der Waals surface area contributed by atoms with Gasteiger partial charge in [0.1, 0.15) is 5.82 Å². The molecule has 0 aliphatic rings. The summed E-state index contributed by atoms with van der Waals surface area (Å²) >= 11 is 9.38. The number of hydrogen-bond acceptors (Lipinski definition) is 2. The molecular weight excluding hydrogens is 448 g/mol. The third kappa shape index (κ3) is 3.57. The monoisotopic (exact) mass is 457 g/mol. The van der Waals surface area contributed by atoms with Crippen LogP contribution in [0, 0.1) is 8.70 Å². The Morgan fingerprint density at radius 2 is 1.96 bits per heavy atom. The Hall–Kier alpha value is -1.44. The topological polar surface area (TPSA) is 29.1 Å². The molecule has 1 N–H and O–H groups in total. The Bertz CT molecular complexity index is 881. The van der Waals surface area contributed by atoms with E-state index in [2.05, 4.69) is 27.9 Å². The molecule has 0 aliphatic carbocycles. The predicted octanol–water partition coefficient (Wildman–Crippen LogP) is 6.06. The van der Waals surface area contributed by atoms with E-state index in [9.17, 15) is 9.18 Å². The van der Waals surface area contributed by atoms with Crippen LogP contribution in [0.25, 0.3) is 11.1 Å². The van der Waals surface area contributed by atoms with Crippen molar-refractivity contribution in [2.24, 2.45) is 0 Å². The zero-order chi connectivity index (χ0) is 16.4. The van der Waals surface area contributed by atoms with Crippen molar-refractivity contribution in [3.8, 4) is 11.1 Å². The van der Waals surface area contributed by atoms with Crippen LogP contribution >= 0.6 is 45.5 Å². The molecule has 3 aromatic rings. The zero-order valence-electron chi connectivity index (χ0n) is 11.6. The van der Waals surface area contributed by atoms with Gasteiger partial charge in [-0.3, -0.25) is 4.79 Å². The Morgan fingerprint density at radius 1 is 1.17 bits per heavy atom. The van der Waals surface area contributed by atoms with Gasteiger partial charge in [0.05, 0.1) is 13.5 Å². The van der Waals surface area contributed by atoms with E-state index in [1.54, 1.807) is 18.2 Å². The van der Waals surface area contributed by atoms with E-state index in [4.69, 9.17) is 11.6 Å². The number of rotatable bonds is 3. The molecule has 0 spiro atoms. The molecule has 0 fully saturated rings. The number of carbonyl (C=O) groups excluding carboxylic acids is 1. The van der Waals surface area contributed by atoms with Gasteiger partial charge < -0.3 is 5.32 Å².